The molecule has 0 bridgehead atoms. The Balaban J connectivity index is 2.08. The SMILES string of the molecule is O=C(O)c1cc(NC(=S)Nc2ccccc2)ccc1[O-]. The van der Waals surface area contributed by atoms with Crippen molar-refractivity contribution < 1.29 is 15.0 Å². The van der Waals surface area contributed by atoms with Crippen molar-refractivity contribution in [3.8, 4) is 5.75 Å². The lowest BCUT2D eigenvalue weighted by Crippen LogP contribution is -2.19. The normalized spacial score (nSPS) is 9.80. The molecule has 0 aromatic heterocycles. The minimum atomic E-state index is -1.26. The molecule has 0 radical (unpaired) electrons. The Kier molecular flexibility index (Phi) is 4.17. The summed E-state index contributed by atoms with van der Waals surface area (Å²) in [5, 5.41) is 26.3. The Morgan fingerprint density at radius 2 is 1.70 bits per heavy atom. The Morgan fingerprint density at radius 3 is 2.35 bits per heavy atom. The van der Waals surface area contributed by atoms with E-state index in [4.69, 9.17) is 17.3 Å². The molecule has 0 saturated heterocycles. The maximum Gasteiger partial charge on any atom is 0.335 e. The molecule has 0 spiro atoms. The van der Waals surface area contributed by atoms with Crippen LogP contribution in [0.25, 0.3) is 0 Å². The van der Waals surface area contributed by atoms with E-state index in [2.05, 4.69) is 10.6 Å². The van der Waals surface area contributed by atoms with Crippen molar-refractivity contribution in [1.29, 1.82) is 0 Å². The van der Waals surface area contributed by atoms with Gasteiger partial charge in [0.05, 0.1) is 5.56 Å². The maximum atomic E-state index is 11.3. The van der Waals surface area contributed by atoms with Crippen LogP contribution in [0.4, 0.5) is 11.4 Å². The van der Waals surface area contributed by atoms with Gasteiger partial charge in [-0.3, -0.25) is 0 Å². The zero-order valence-electron chi connectivity index (χ0n) is 10.3. The van der Waals surface area contributed by atoms with Gasteiger partial charge in [0.2, 0.25) is 0 Å². The first kappa shape index (κ1) is 13.8. The molecule has 2 aromatic carbocycles. The second kappa shape index (κ2) is 6.03. The summed E-state index contributed by atoms with van der Waals surface area (Å²) in [5.41, 5.74) is 0.955. The standard InChI is InChI=1S/C14H12N2O3S/c17-12-7-6-10(8-11(12)13(18)19)16-14(20)15-9-4-2-1-3-5-9/h1-8,17H,(H,18,19)(H2,15,16,20)/p-1. The van der Waals surface area contributed by atoms with Crippen molar-refractivity contribution in [2.24, 2.45) is 0 Å². The van der Waals surface area contributed by atoms with Gasteiger partial charge in [-0.15, -0.1) is 0 Å². The van der Waals surface area contributed by atoms with Gasteiger partial charge in [0.25, 0.3) is 0 Å². The van der Waals surface area contributed by atoms with Crippen LogP contribution in [-0.4, -0.2) is 16.2 Å². The van der Waals surface area contributed by atoms with E-state index in [0.717, 1.165) is 5.69 Å². The molecule has 0 amide bonds. The Bertz CT molecular complexity index is 644. The van der Waals surface area contributed by atoms with Gasteiger partial charge in [0.1, 0.15) is 0 Å². The summed E-state index contributed by atoms with van der Waals surface area (Å²) in [6.07, 6.45) is 0. The van der Waals surface area contributed by atoms with Crippen LogP contribution in [0.2, 0.25) is 0 Å². The highest BCUT2D eigenvalue weighted by molar-refractivity contribution is 7.80. The second-order valence-electron chi connectivity index (χ2n) is 3.96. The third-order valence-electron chi connectivity index (χ3n) is 2.50. The molecule has 2 rings (SSSR count). The van der Waals surface area contributed by atoms with Gasteiger partial charge in [-0.1, -0.05) is 30.0 Å². The number of benzene rings is 2. The van der Waals surface area contributed by atoms with E-state index in [-0.39, 0.29) is 5.56 Å². The molecule has 0 unspecified atom stereocenters. The van der Waals surface area contributed by atoms with Crippen LogP contribution >= 0.6 is 12.2 Å². The van der Waals surface area contributed by atoms with Crippen LogP contribution in [-0.2, 0) is 0 Å². The highest BCUT2D eigenvalue weighted by atomic mass is 32.1. The van der Waals surface area contributed by atoms with Crippen molar-refractivity contribution in [2.75, 3.05) is 10.6 Å². The van der Waals surface area contributed by atoms with Gasteiger partial charge in [-0.2, -0.15) is 0 Å². The fourth-order valence-corrected chi connectivity index (χ4v) is 1.83. The molecule has 102 valence electrons. The molecule has 2 aromatic rings. The largest absolute Gasteiger partial charge is 0.872 e. The first-order chi connectivity index (χ1) is 9.56. The van der Waals surface area contributed by atoms with E-state index in [9.17, 15) is 9.90 Å². The molecule has 0 atom stereocenters. The molecule has 0 aliphatic carbocycles. The average molecular weight is 287 g/mol. The summed E-state index contributed by atoms with van der Waals surface area (Å²) in [6, 6.07) is 13.2. The molecule has 0 saturated carbocycles. The van der Waals surface area contributed by atoms with E-state index in [1.54, 1.807) is 0 Å². The number of hydrogen-bond acceptors (Lipinski definition) is 3. The number of carbonyl (C=O) groups is 1. The van der Waals surface area contributed by atoms with E-state index < -0.39 is 11.7 Å². The average Bonchev–Trinajstić information content (AvgIpc) is 2.41. The fraction of sp³-hybridized carbons (Fsp3) is 0. The van der Waals surface area contributed by atoms with E-state index in [1.165, 1.54) is 18.2 Å². The molecule has 6 heteroatoms. The fourth-order valence-electron chi connectivity index (χ4n) is 1.59. The van der Waals surface area contributed by atoms with Gasteiger partial charge < -0.3 is 20.8 Å². The molecule has 0 aliphatic heterocycles. The maximum absolute atomic E-state index is 11.3. The van der Waals surface area contributed by atoms with Gasteiger partial charge in [0, 0.05) is 11.4 Å². The molecule has 0 fully saturated rings. The summed E-state index contributed by atoms with van der Waals surface area (Å²) < 4.78 is 0. The highest BCUT2D eigenvalue weighted by Crippen LogP contribution is 2.19. The molecule has 5 nitrogen and oxygen atoms in total. The minimum Gasteiger partial charge on any atom is -0.872 e. The highest BCUT2D eigenvalue weighted by Gasteiger charge is 2.06. The minimum absolute atomic E-state index is 0.294. The molecule has 0 heterocycles. The summed E-state index contributed by atoms with van der Waals surface area (Å²) >= 11 is 5.11. The lowest BCUT2D eigenvalue weighted by molar-refractivity contribution is -0.268. The smallest absolute Gasteiger partial charge is 0.335 e. The van der Waals surface area contributed by atoms with E-state index in [0.29, 0.717) is 10.8 Å². The number of para-hydroxylation sites is 1. The first-order valence-electron chi connectivity index (χ1n) is 5.73. The predicted molar refractivity (Wildman–Crippen MR) is 79.1 cm³/mol. The van der Waals surface area contributed by atoms with Crippen LogP contribution in [0.15, 0.2) is 48.5 Å². The molecular formula is C14H11N2O3S-. The number of hydrogen-bond donors (Lipinski definition) is 3. The third kappa shape index (κ3) is 3.46. The Hall–Kier alpha value is -2.60. The number of rotatable bonds is 3. The predicted octanol–water partition coefficient (Wildman–Crippen LogP) is 2.27. The van der Waals surface area contributed by atoms with Crippen LogP contribution < -0.4 is 15.7 Å². The number of anilines is 2. The molecular weight excluding hydrogens is 276 g/mol. The summed E-state index contributed by atoms with van der Waals surface area (Å²) in [4.78, 5) is 10.9. The molecule has 0 aliphatic rings. The summed E-state index contributed by atoms with van der Waals surface area (Å²) in [6.45, 7) is 0. The Morgan fingerprint density at radius 1 is 1.05 bits per heavy atom. The molecule has 3 N–H and O–H groups in total. The van der Waals surface area contributed by atoms with Gasteiger partial charge >= 0.3 is 5.97 Å². The zero-order chi connectivity index (χ0) is 14.5. The van der Waals surface area contributed by atoms with Gasteiger partial charge in [-0.25, -0.2) is 4.79 Å². The number of carboxylic acid groups (broad SMARTS) is 1. The first-order valence-corrected chi connectivity index (χ1v) is 6.14. The van der Waals surface area contributed by atoms with Crippen LogP contribution in [0, 0.1) is 0 Å². The van der Waals surface area contributed by atoms with Crippen molar-refractivity contribution in [2.45, 2.75) is 0 Å². The van der Waals surface area contributed by atoms with Crippen molar-refractivity contribution >= 4 is 34.7 Å². The van der Waals surface area contributed by atoms with Crippen LogP contribution in [0.3, 0.4) is 0 Å². The van der Waals surface area contributed by atoms with Crippen molar-refractivity contribution in [3.63, 3.8) is 0 Å². The number of carboxylic acids is 1. The second-order valence-corrected chi connectivity index (χ2v) is 4.37. The Labute approximate surface area is 120 Å². The summed E-state index contributed by atoms with van der Waals surface area (Å²) in [7, 11) is 0. The topological polar surface area (TPSA) is 84.4 Å². The monoisotopic (exact) mass is 287 g/mol. The lowest BCUT2D eigenvalue weighted by Gasteiger charge is -2.14. The zero-order valence-corrected chi connectivity index (χ0v) is 11.1. The van der Waals surface area contributed by atoms with Crippen molar-refractivity contribution in [3.05, 3.63) is 54.1 Å². The van der Waals surface area contributed by atoms with Gasteiger partial charge in [0.15, 0.2) is 5.11 Å². The number of nitrogens with one attached hydrogen (secondary N) is 2. The quantitative estimate of drug-likeness (QED) is 0.751. The van der Waals surface area contributed by atoms with Crippen molar-refractivity contribution in [1.82, 2.24) is 0 Å². The van der Waals surface area contributed by atoms with Gasteiger partial charge in [-0.05, 0) is 36.5 Å². The van der Waals surface area contributed by atoms with Crippen LogP contribution in [0.5, 0.6) is 5.75 Å². The lowest BCUT2D eigenvalue weighted by atomic mass is 10.2. The number of thiocarbonyl (C=S) groups is 1. The summed E-state index contributed by atoms with van der Waals surface area (Å²) in [5.74, 6) is -1.80. The van der Waals surface area contributed by atoms with E-state index in [1.807, 2.05) is 30.3 Å². The molecule has 20 heavy (non-hydrogen) atoms. The third-order valence-corrected chi connectivity index (χ3v) is 2.70. The number of aromatic carboxylic acids is 1. The van der Waals surface area contributed by atoms with E-state index >= 15 is 0 Å². The van der Waals surface area contributed by atoms with Crippen LogP contribution in [0.1, 0.15) is 10.4 Å².